The van der Waals surface area contributed by atoms with Gasteiger partial charge in [-0.2, -0.15) is 4.68 Å². The molecule has 124 valence electrons. The molecule has 3 rings (SSSR count). The third-order valence-corrected chi connectivity index (χ3v) is 4.12. The van der Waals surface area contributed by atoms with Gasteiger partial charge in [0, 0.05) is 30.9 Å². The minimum absolute atomic E-state index is 0.567. The summed E-state index contributed by atoms with van der Waals surface area (Å²) < 4.78 is 1.87. The first-order valence-electron chi connectivity index (χ1n) is 8.43. The van der Waals surface area contributed by atoms with Crippen molar-refractivity contribution in [2.75, 3.05) is 0 Å². The summed E-state index contributed by atoms with van der Waals surface area (Å²) in [5.41, 5.74) is 2.09. The molecule has 24 heavy (non-hydrogen) atoms. The highest BCUT2D eigenvalue weighted by molar-refractivity contribution is 5.26. The summed E-state index contributed by atoms with van der Waals surface area (Å²) in [6.07, 6.45) is 6.35. The van der Waals surface area contributed by atoms with Crippen molar-refractivity contribution in [3.05, 3.63) is 65.6 Å². The van der Waals surface area contributed by atoms with Crippen molar-refractivity contribution in [3.8, 4) is 5.82 Å². The Labute approximate surface area is 142 Å². The van der Waals surface area contributed by atoms with Crippen molar-refractivity contribution < 1.29 is 0 Å². The zero-order valence-corrected chi connectivity index (χ0v) is 14.5. The maximum Gasteiger partial charge on any atom is 0.155 e. The Bertz CT molecular complexity index is 795. The molecule has 0 aliphatic rings. The second-order valence-electron chi connectivity index (χ2n) is 6.25. The van der Waals surface area contributed by atoms with Crippen LogP contribution in [0, 0.1) is 12.8 Å². The van der Waals surface area contributed by atoms with E-state index in [1.165, 1.54) is 0 Å². The molecule has 0 saturated heterocycles. The van der Waals surface area contributed by atoms with Gasteiger partial charge >= 0.3 is 0 Å². The molecule has 5 heteroatoms. The van der Waals surface area contributed by atoms with Crippen LogP contribution in [-0.4, -0.2) is 24.7 Å². The number of aryl methyl sites for hydroxylation is 1. The third-order valence-electron chi connectivity index (χ3n) is 4.12. The lowest BCUT2D eigenvalue weighted by Gasteiger charge is -2.05. The number of rotatable bonds is 6. The van der Waals surface area contributed by atoms with Crippen LogP contribution in [0.5, 0.6) is 0 Å². The summed E-state index contributed by atoms with van der Waals surface area (Å²) >= 11 is 0. The van der Waals surface area contributed by atoms with Crippen molar-refractivity contribution in [3.63, 3.8) is 0 Å². The predicted molar refractivity (Wildman–Crippen MR) is 94.1 cm³/mol. The largest absolute Gasteiger partial charge is 0.264 e. The van der Waals surface area contributed by atoms with E-state index in [1.54, 1.807) is 6.20 Å². The van der Waals surface area contributed by atoms with Crippen LogP contribution >= 0.6 is 0 Å². The van der Waals surface area contributed by atoms with Gasteiger partial charge in [0.15, 0.2) is 11.6 Å². The fraction of sp³-hybridized carbons (Fsp3) is 0.368. The van der Waals surface area contributed by atoms with E-state index in [0.717, 1.165) is 41.6 Å². The molecule has 0 saturated carbocycles. The minimum Gasteiger partial charge on any atom is -0.264 e. The molecular weight excluding hydrogens is 298 g/mol. The third kappa shape index (κ3) is 3.85. The SMILES string of the molecule is CC[C@H](C)Cc1nc(Cc2cccnc2)n(-c2cccc(C)n2)n1. The van der Waals surface area contributed by atoms with E-state index in [2.05, 4.69) is 29.9 Å². The fourth-order valence-electron chi connectivity index (χ4n) is 2.56. The molecule has 0 amide bonds. The maximum absolute atomic E-state index is 4.78. The number of hydrogen-bond acceptors (Lipinski definition) is 4. The van der Waals surface area contributed by atoms with Crippen molar-refractivity contribution in [2.45, 2.75) is 40.0 Å². The van der Waals surface area contributed by atoms with Gasteiger partial charge in [0.1, 0.15) is 5.82 Å². The molecule has 0 bridgehead atoms. The van der Waals surface area contributed by atoms with Crippen LogP contribution in [0.15, 0.2) is 42.7 Å². The summed E-state index contributed by atoms with van der Waals surface area (Å²) in [6.45, 7) is 6.41. The predicted octanol–water partition coefficient (Wildman–Crippen LogP) is 3.55. The summed E-state index contributed by atoms with van der Waals surface area (Å²) in [5.74, 6) is 3.17. The van der Waals surface area contributed by atoms with Gasteiger partial charge in [-0.1, -0.05) is 32.4 Å². The van der Waals surface area contributed by atoms with E-state index in [-0.39, 0.29) is 0 Å². The van der Waals surface area contributed by atoms with Crippen LogP contribution in [0.25, 0.3) is 5.82 Å². The van der Waals surface area contributed by atoms with Gasteiger partial charge in [0.25, 0.3) is 0 Å². The number of nitrogens with zero attached hydrogens (tertiary/aromatic N) is 5. The molecule has 0 radical (unpaired) electrons. The standard InChI is InChI=1S/C19H23N5/c1-4-14(2)11-17-22-19(12-16-8-6-10-20-13-16)24(23-17)18-9-5-7-15(3)21-18/h5-10,13-14H,4,11-12H2,1-3H3/t14-/m0/s1. The van der Waals surface area contributed by atoms with Crippen LogP contribution in [0.1, 0.15) is 43.2 Å². The van der Waals surface area contributed by atoms with E-state index < -0.39 is 0 Å². The smallest absolute Gasteiger partial charge is 0.155 e. The highest BCUT2D eigenvalue weighted by Crippen LogP contribution is 2.15. The molecule has 3 aromatic heterocycles. The van der Waals surface area contributed by atoms with Crippen LogP contribution in [0.4, 0.5) is 0 Å². The highest BCUT2D eigenvalue weighted by atomic mass is 15.4. The van der Waals surface area contributed by atoms with Crippen LogP contribution in [0.2, 0.25) is 0 Å². The lowest BCUT2D eigenvalue weighted by atomic mass is 10.1. The summed E-state index contributed by atoms with van der Waals surface area (Å²) in [4.78, 5) is 13.6. The molecule has 0 aliphatic carbocycles. The molecular formula is C19H23N5. The molecule has 3 heterocycles. The Kier molecular flexibility index (Phi) is 4.99. The summed E-state index contributed by atoms with van der Waals surface area (Å²) in [7, 11) is 0. The van der Waals surface area contributed by atoms with Crippen molar-refractivity contribution in [2.24, 2.45) is 5.92 Å². The number of pyridine rings is 2. The normalized spacial score (nSPS) is 12.3. The van der Waals surface area contributed by atoms with E-state index in [1.807, 2.05) is 42.1 Å². The average Bonchev–Trinajstić information content (AvgIpc) is 2.98. The quantitative estimate of drug-likeness (QED) is 0.697. The van der Waals surface area contributed by atoms with Gasteiger partial charge in [-0.25, -0.2) is 9.97 Å². The van der Waals surface area contributed by atoms with Crippen molar-refractivity contribution >= 4 is 0 Å². The number of aromatic nitrogens is 5. The molecule has 5 nitrogen and oxygen atoms in total. The molecule has 1 atom stereocenters. The topological polar surface area (TPSA) is 56.5 Å². The van der Waals surface area contributed by atoms with Crippen LogP contribution < -0.4 is 0 Å². The zero-order valence-electron chi connectivity index (χ0n) is 14.5. The van der Waals surface area contributed by atoms with E-state index in [0.29, 0.717) is 12.3 Å². The molecule has 0 aliphatic heterocycles. The molecule has 0 aromatic carbocycles. The first kappa shape index (κ1) is 16.3. The Balaban J connectivity index is 1.98. The first-order valence-corrected chi connectivity index (χ1v) is 8.43. The van der Waals surface area contributed by atoms with Gasteiger partial charge in [-0.15, -0.1) is 5.10 Å². The van der Waals surface area contributed by atoms with Gasteiger partial charge in [-0.3, -0.25) is 4.98 Å². The Morgan fingerprint density at radius 1 is 1.12 bits per heavy atom. The minimum atomic E-state index is 0.567. The molecule has 0 unspecified atom stereocenters. The van der Waals surface area contributed by atoms with Gasteiger partial charge in [0.05, 0.1) is 0 Å². The van der Waals surface area contributed by atoms with Gasteiger partial charge < -0.3 is 0 Å². The Morgan fingerprint density at radius 2 is 2.00 bits per heavy atom. The van der Waals surface area contributed by atoms with Crippen LogP contribution in [-0.2, 0) is 12.8 Å². The fourth-order valence-corrected chi connectivity index (χ4v) is 2.56. The average molecular weight is 321 g/mol. The Hall–Kier alpha value is -2.56. The molecule has 3 aromatic rings. The second-order valence-corrected chi connectivity index (χ2v) is 6.25. The van der Waals surface area contributed by atoms with Gasteiger partial charge in [0.2, 0.25) is 0 Å². The first-order chi connectivity index (χ1) is 11.7. The van der Waals surface area contributed by atoms with E-state index in [9.17, 15) is 0 Å². The molecule has 0 N–H and O–H groups in total. The Morgan fingerprint density at radius 3 is 2.71 bits per heavy atom. The lowest BCUT2D eigenvalue weighted by Crippen LogP contribution is -2.07. The van der Waals surface area contributed by atoms with Crippen molar-refractivity contribution in [1.29, 1.82) is 0 Å². The molecule has 0 spiro atoms. The van der Waals surface area contributed by atoms with E-state index >= 15 is 0 Å². The lowest BCUT2D eigenvalue weighted by molar-refractivity contribution is 0.542. The van der Waals surface area contributed by atoms with Crippen LogP contribution in [0.3, 0.4) is 0 Å². The van der Waals surface area contributed by atoms with E-state index in [4.69, 9.17) is 10.1 Å². The monoisotopic (exact) mass is 321 g/mol. The highest BCUT2D eigenvalue weighted by Gasteiger charge is 2.15. The summed E-state index contributed by atoms with van der Waals surface area (Å²) in [6, 6.07) is 9.97. The van der Waals surface area contributed by atoms with Gasteiger partial charge in [-0.05, 0) is 36.6 Å². The maximum atomic E-state index is 4.78. The number of hydrogen-bond donors (Lipinski definition) is 0. The summed E-state index contributed by atoms with van der Waals surface area (Å²) in [5, 5.41) is 4.73. The zero-order chi connectivity index (χ0) is 16.9. The molecule has 0 fully saturated rings. The second kappa shape index (κ2) is 7.34. The van der Waals surface area contributed by atoms with Crippen molar-refractivity contribution in [1.82, 2.24) is 24.7 Å².